The first kappa shape index (κ1) is 16.9. The first-order valence-corrected chi connectivity index (χ1v) is 8.70. The molecule has 0 fully saturated rings. The number of oxazole rings is 1. The van der Waals surface area contributed by atoms with Crippen molar-refractivity contribution in [3.05, 3.63) is 46.4 Å². The van der Waals surface area contributed by atoms with Gasteiger partial charge in [-0.2, -0.15) is 0 Å². The normalized spacial score (nSPS) is 11.5. The number of anilines is 1. The molecular weight excluding hydrogens is 348 g/mol. The van der Waals surface area contributed by atoms with Gasteiger partial charge in [0.15, 0.2) is 5.58 Å². The highest BCUT2D eigenvalue weighted by Gasteiger charge is 2.21. The Hall–Kier alpha value is -2.94. The highest BCUT2D eigenvalue weighted by Crippen LogP contribution is 2.32. The van der Waals surface area contributed by atoms with E-state index in [0.717, 1.165) is 0 Å². The molecule has 2 N–H and O–H groups in total. The van der Waals surface area contributed by atoms with Crippen LogP contribution in [0.2, 0.25) is 0 Å². The predicted octanol–water partition coefficient (Wildman–Crippen LogP) is 2.25. The fourth-order valence-corrected chi connectivity index (χ4v) is 3.77. The number of sulfonamides is 1. The topological polar surface area (TPSA) is 111 Å². The number of rotatable bonds is 5. The van der Waals surface area contributed by atoms with Gasteiger partial charge in [-0.25, -0.2) is 13.2 Å². The summed E-state index contributed by atoms with van der Waals surface area (Å²) in [7, 11) is -1.03. The Bertz CT molecular complexity index is 1100. The minimum Gasteiger partial charge on any atom is -0.497 e. The first-order valence-electron chi connectivity index (χ1n) is 7.22. The molecule has 132 valence electrons. The molecule has 0 spiro atoms. The van der Waals surface area contributed by atoms with Crippen LogP contribution >= 0.6 is 0 Å². The highest BCUT2D eigenvalue weighted by molar-refractivity contribution is 7.92. The van der Waals surface area contributed by atoms with Gasteiger partial charge in [0, 0.05) is 12.1 Å². The second kappa shape index (κ2) is 6.17. The zero-order valence-electron chi connectivity index (χ0n) is 13.7. The third-order valence-corrected chi connectivity index (χ3v) is 5.16. The lowest BCUT2D eigenvalue weighted by Gasteiger charge is -2.14. The quantitative estimate of drug-likeness (QED) is 0.718. The van der Waals surface area contributed by atoms with Crippen molar-refractivity contribution < 1.29 is 22.3 Å². The van der Waals surface area contributed by atoms with Crippen LogP contribution in [0, 0.1) is 6.92 Å². The van der Waals surface area contributed by atoms with Gasteiger partial charge in [0.1, 0.15) is 11.5 Å². The molecule has 2 aromatic carbocycles. The molecular formula is C16H16N2O6S. The summed E-state index contributed by atoms with van der Waals surface area (Å²) in [6.45, 7) is 1.63. The first-order chi connectivity index (χ1) is 11.8. The maximum Gasteiger partial charge on any atom is 0.417 e. The maximum atomic E-state index is 12.8. The molecule has 0 aliphatic carbocycles. The monoisotopic (exact) mass is 364 g/mol. The van der Waals surface area contributed by atoms with Crippen LogP contribution in [0.5, 0.6) is 11.5 Å². The number of hydrogen-bond donors (Lipinski definition) is 2. The van der Waals surface area contributed by atoms with Gasteiger partial charge in [0.05, 0.1) is 30.3 Å². The number of methoxy groups -OCH3 is 2. The largest absolute Gasteiger partial charge is 0.497 e. The molecule has 0 unspecified atom stereocenters. The number of nitrogens with one attached hydrogen (secondary N) is 2. The zero-order chi connectivity index (χ0) is 18.2. The molecule has 0 saturated heterocycles. The Morgan fingerprint density at radius 2 is 1.88 bits per heavy atom. The lowest BCUT2D eigenvalue weighted by molar-refractivity contribution is 0.405. The van der Waals surface area contributed by atoms with E-state index in [0.29, 0.717) is 22.6 Å². The molecule has 0 radical (unpaired) electrons. The number of ether oxygens (including phenoxy) is 2. The Morgan fingerprint density at radius 1 is 1.12 bits per heavy atom. The van der Waals surface area contributed by atoms with Crippen LogP contribution in [0.15, 0.2) is 44.4 Å². The molecule has 0 amide bonds. The number of aryl methyl sites for hydroxylation is 1. The number of fused-ring (bicyclic) bond motifs is 1. The minimum atomic E-state index is -3.95. The van der Waals surface area contributed by atoms with E-state index in [1.165, 1.54) is 32.4 Å². The van der Waals surface area contributed by atoms with Gasteiger partial charge in [-0.15, -0.1) is 0 Å². The van der Waals surface area contributed by atoms with E-state index >= 15 is 0 Å². The lowest BCUT2D eigenvalue weighted by Crippen LogP contribution is -2.15. The number of hydrogen-bond acceptors (Lipinski definition) is 6. The molecule has 1 heterocycles. The van der Waals surface area contributed by atoms with Gasteiger partial charge in [-0.1, -0.05) is 0 Å². The van der Waals surface area contributed by atoms with E-state index in [1.807, 2.05) is 0 Å². The number of aromatic nitrogens is 1. The number of aromatic amines is 1. The second-order valence-corrected chi connectivity index (χ2v) is 6.95. The van der Waals surface area contributed by atoms with Crippen LogP contribution in [0.3, 0.4) is 0 Å². The van der Waals surface area contributed by atoms with Crippen LogP contribution in [0.25, 0.3) is 11.1 Å². The maximum absolute atomic E-state index is 12.8. The molecule has 3 aromatic rings. The van der Waals surface area contributed by atoms with E-state index in [2.05, 4.69) is 9.71 Å². The summed E-state index contributed by atoms with van der Waals surface area (Å²) in [5.74, 6) is 0.171. The molecule has 3 rings (SSSR count). The molecule has 0 aliphatic heterocycles. The molecule has 9 heteroatoms. The van der Waals surface area contributed by atoms with Gasteiger partial charge in [0.25, 0.3) is 10.0 Å². The van der Waals surface area contributed by atoms with Crippen molar-refractivity contribution in [2.75, 3.05) is 18.9 Å². The van der Waals surface area contributed by atoms with Gasteiger partial charge < -0.3 is 13.9 Å². The standard InChI is InChI=1S/C16H16N2O6S/c1-9-6-11-14(24-16(19)17-11)8-15(9)25(20,21)18-12-7-10(22-2)4-5-13(12)23-3/h4-8,18H,1-3H3,(H,17,19). The van der Waals surface area contributed by atoms with E-state index in [1.54, 1.807) is 19.1 Å². The van der Waals surface area contributed by atoms with Crippen LogP contribution < -0.4 is 20.0 Å². The summed E-state index contributed by atoms with van der Waals surface area (Å²) in [5.41, 5.74) is 1.28. The second-order valence-electron chi connectivity index (χ2n) is 5.30. The average molecular weight is 364 g/mol. The third-order valence-electron chi connectivity index (χ3n) is 3.66. The molecule has 0 bridgehead atoms. The fourth-order valence-electron chi connectivity index (χ4n) is 2.47. The molecule has 0 atom stereocenters. The highest BCUT2D eigenvalue weighted by atomic mass is 32.2. The molecule has 25 heavy (non-hydrogen) atoms. The summed E-state index contributed by atoms with van der Waals surface area (Å²) >= 11 is 0. The van der Waals surface area contributed by atoms with Crippen molar-refractivity contribution in [3.63, 3.8) is 0 Å². The molecule has 0 aliphatic rings. The van der Waals surface area contributed by atoms with Crippen LogP contribution in [-0.4, -0.2) is 27.6 Å². The molecule has 8 nitrogen and oxygen atoms in total. The lowest BCUT2D eigenvalue weighted by atomic mass is 10.2. The van der Waals surface area contributed by atoms with Gasteiger partial charge in [-0.05, 0) is 30.7 Å². The van der Waals surface area contributed by atoms with Gasteiger partial charge in [-0.3, -0.25) is 9.71 Å². The van der Waals surface area contributed by atoms with Crippen LogP contribution in [0.1, 0.15) is 5.56 Å². The van der Waals surface area contributed by atoms with Crippen molar-refractivity contribution in [1.82, 2.24) is 4.98 Å². The summed E-state index contributed by atoms with van der Waals surface area (Å²) in [6, 6.07) is 7.61. The fraction of sp³-hybridized carbons (Fsp3) is 0.188. The number of benzene rings is 2. The van der Waals surface area contributed by atoms with E-state index < -0.39 is 15.8 Å². The Morgan fingerprint density at radius 3 is 2.56 bits per heavy atom. The Balaban J connectivity index is 2.08. The summed E-state index contributed by atoms with van der Waals surface area (Å²) in [4.78, 5) is 13.8. The summed E-state index contributed by atoms with van der Waals surface area (Å²) in [5, 5.41) is 0. The Kier molecular flexibility index (Phi) is 4.17. The third kappa shape index (κ3) is 3.18. The van der Waals surface area contributed by atoms with E-state index in [-0.39, 0.29) is 16.2 Å². The predicted molar refractivity (Wildman–Crippen MR) is 91.9 cm³/mol. The van der Waals surface area contributed by atoms with Gasteiger partial charge >= 0.3 is 5.76 Å². The van der Waals surface area contributed by atoms with Crippen molar-refractivity contribution in [3.8, 4) is 11.5 Å². The van der Waals surface area contributed by atoms with Crippen molar-refractivity contribution >= 4 is 26.8 Å². The minimum absolute atomic E-state index is 0.00683. The molecule has 1 aromatic heterocycles. The van der Waals surface area contributed by atoms with Crippen molar-refractivity contribution in [1.29, 1.82) is 0 Å². The summed E-state index contributed by atoms with van der Waals surface area (Å²) < 4.78 is 43.3. The molecule has 0 saturated carbocycles. The van der Waals surface area contributed by atoms with Crippen LogP contribution in [0.4, 0.5) is 5.69 Å². The SMILES string of the molecule is COc1ccc(OC)c(NS(=O)(=O)c2cc3oc(=O)[nH]c3cc2C)c1. The van der Waals surface area contributed by atoms with Crippen LogP contribution in [-0.2, 0) is 10.0 Å². The van der Waals surface area contributed by atoms with E-state index in [4.69, 9.17) is 13.9 Å². The van der Waals surface area contributed by atoms with E-state index in [9.17, 15) is 13.2 Å². The Labute approximate surface area is 143 Å². The smallest absolute Gasteiger partial charge is 0.417 e. The average Bonchev–Trinajstić information content (AvgIpc) is 2.92. The zero-order valence-corrected chi connectivity index (χ0v) is 14.6. The van der Waals surface area contributed by atoms with Gasteiger partial charge in [0.2, 0.25) is 0 Å². The summed E-state index contributed by atoms with van der Waals surface area (Å²) in [6.07, 6.45) is 0. The van der Waals surface area contributed by atoms with Crippen molar-refractivity contribution in [2.45, 2.75) is 11.8 Å². The van der Waals surface area contributed by atoms with Crippen molar-refractivity contribution in [2.24, 2.45) is 0 Å². The number of H-pyrrole nitrogens is 1.